The fraction of sp³-hybridized carbons (Fsp3) is 0.111. The molecule has 0 saturated carbocycles. The van der Waals surface area contributed by atoms with E-state index in [2.05, 4.69) is 5.32 Å². The highest BCUT2D eigenvalue weighted by Gasteiger charge is 2.09. The molecular formula is C18H18N2O6S. The highest BCUT2D eigenvalue weighted by Crippen LogP contribution is 2.18. The van der Waals surface area contributed by atoms with Gasteiger partial charge in [0.25, 0.3) is 5.91 Å². The SMILES string of the molecule is COc1ccccc1/C=C/C(=O)OCC(=O)Nc1ccc(S(N)(=O)=O)cc1. The summed E-state index contributed by atoms with van der Waals surface area (Å²) in [6.45, 7) is -0.494. The number of primary sulfonamides is 1. The van der Waals surface area contributed by atoms with Gasteiger partial charge in [0.2, 0.25) is 10.0 Å². The van der Waals surface area contributed by atoms with Crippen molar-refractivity contribution in [1.82, 2.24) is 0 Å². The number of sulfonamides is 1. The third-order valence-electron chi connectivity index (χ3n) is 3.35. The number of nitrogens with one attached hydrogen (secondary N) is 1. The van der Waals surface area contributed by atoms with Crippen LogP contribution in [0.15, 0.2) is 59.5 Å². The van der Waals surface area contributed by atoms with Crippen LogP contribution < -0.4 is 15.2 Å². The van der Waals surface area contributed by atoms with Gasteiger partial charge in [-0.1, -0.05) is 18.2 Å². The van der Waals surface area contributed by atoms with Crippen LogP contribution in [0, 0.1) is 0 Å². The number of esters is 1. The normalized spacial score (nSPS) is 11.2. The molecule has 8 nitrogen and oxygen atoms in total. The lowest BCUT2D eigenvalue weighted by Crippen LogP contribution is -2.20. The average Bonchev–Trinajstić information content (AvgIpc) is 2.64. The van der Waals surface area contributed by atoms with Crippen LogP contribution in [0.3, 0.4) is 0 Å². The second-order valence-electron chi connectivity index (χ2n) is 5.30. The molecule has 9 heteroatoms. The molecule has 2 aromatic carbocycles. The van der Waals surface area contributed by atoms with Crippen molar-refractivity contribution in [2.24, 2.45) is 5.14 Å². The van der Waals surface area contributed by atoms with Crippen molar-refractivity contribution in [1.29, 1.82) is 0 Å². The number of benzene rings is 2. The molecule has 2 rings (SSSR count). The lowest BCUT2D eigenvalue weighted by molar-refractivity contribution is -0.142. The summed E-state index contributed by atoms with van der Waals surface area (Å²) in [5.41, 5.74) is 1.03. The number of carbonyl (C=O) groups is 2. The van der Waals surface area contributed by atoms with Gasteiger partial charge in [0.05, 0.1) is 12.0 Å². The molecule has 3 N–H and O–H groups in total. The first-order chi connectivity index (χ1) is 12.8. The van der Waals surface area contributed by atoms with E-state index in [0.29, 0.717) is 17.0 Å². The van der Waals surface area contributed by atoms with Crippen molar-refractivity contribution in [3.63, 3.8) is 0 Å². The Balaban J connectivity index is 1.86. The summed E-state index contributed by atoms with van der Waals surface area (Å²) in [4.78, 5) is 23.4. The van der Waals surface area contributed by atoms with E-state index in [9.17, 15) is 18.0 Å². The maximum absolute atomic E-state index is 11.8. The molecular weight excluding hydrogens is 372 g/mol. The predicted molar refractivity (Wildman–Crippen MR) is 99.4 cm³/mol. The molecule has 0 spiro atoms. The van der Waals surface area contributed by atoms with Crippen LogP contribution in [-0.2, 0) is 24.3 Å². The van der Waals surface area contributed by atoms with Crippen LogP contribution in [0.5, 0.6) is 5.75 Å². The topological polar surface area (TPSA) is 125 Å². The molecule has 0 aliphatic carbocycles. The number of methoxy groups -OCH3 is 1. The minimum absolute atomic E-state index is 0.0756. The Hall–Kier alpha value is -3.17. The fourth-order valence-electron chi connectivity index (χ4n) is 2.07. The quantitative estimate of drug-likeness (QED) is 0.546. The molecule has 2 aromatic rings. The largest absolute Gasteiger partial charge is 0.496 e. The van der Waals surface area contributed by atoms with Gasteiger partial charge in [-0.3, -0.25) is 4.79 Å². The number of anilines is 1. The second kappa shape index (κ2) is 8.97. The van der Waals surface area contributed by atoms with E-state index in [1.807, 2.05) is 0 Å². The minimum Gasteiger partial charge on any atom is -0.496 e. The summed E-state index contributed by atoms with van der Waals surface area (Å²) in [6.07, 6.45) is 2.71. The summed E-state index contributed by atoms with van der Waals surface area (Å²) in [6, 6.07) is 12.4. The van der Waals surface area contributed by atoms with Gasteiger partial charge in [-0.25, -0.2) is 18.4 Å². The summed E-state index contributed by atoms with van der Waals surface area (Å²) >= 11 is 0. The van der Waals surface area contributed by atoms with Crippen molar-refractivity contribution in [3.05, 3.63) is 60.2 Å². The maximum atomic E-state index is 11.8. The number of hydrogen-bond donors (Lipinski definition) is 2. The van der Waals surface area contributed by atoms with Crippen molar-refractivity contribution in [2.75, 3.05) is 19.0 Å². The van der Waals surface area contributed by atoms with Crippen LogP contribution in [0.1, 0.15) is 5.56 Å². The first-order valence-electron chi connectivity index (χ1n) is 7.70. The number of hydrogen-bond acceptors (Lipinski definition) is 6. The molecule has 0 aliphatic rings. The lowest BCUT2D eigenvalue weighted by Gasteiger charge is -2.06. The zero-order valence-corrected chi connectivity index (χ0v) is 15.2. The van der Waals surface area contributed by atoms with E-state index in [1.54, 1.807) is 24.3 Å². The first kappa shape index (κ1) is 20.1. The van der Waals surface area contributed by atoms with E-state index in [4.69, 9.17) is 14.6 Å². The zero-order valence-electron chi connectivity index (χ0n) is 14.4. The van der Waals surface area contributed by atoms with Crippen LogP contribution >= 0.6 is 0 Å². The van der Waals surface area contributed by atoms with Gasteiger partial charge in [0.1, 0.15) is 5.75 Å². The predicted octanol–water partition coefficient (Wildman–Crippen LogP) is 1.54. The van der Waals surface area contributed by atoms with Gasteiger partial charge < -0.3 is 14.8 Å². The highest BCUT2D eigenvalue weighted by atomic mass is 32.2. The molecule has 142 valence electrons. The Morgan fingerprint density at radius 3 is 2.41 bits per heavy atom. The number of para-hydroxylation sites is 1. The summed E-state index contributed by atoms with van der Waals surface area (Å²) < 4.78 is 32.3. The van der Waals surface area contributed by atoms with Crippen molar-refractivity contribution < 1.29 is 27.5 Å². The monoisotopic (exact) mass is 390 g/mol. The van der Waals surface area contributed by atoms with Gasteiger partial charge in [-0.05, 0) is 36.4 Å². The summed E-state index contributed by atoms with van der Waals surface area (Å²) in [7, 11) is -2.28. The minimum atomic E-state index is -3.80. The molecule has 27 heavy (non-hydrogen) atoms. The molecule has 0 aromatic heterocycles. The third-order valence-corrected chi connectivity index (χ3v) is 4.28. The van der Waals surface area contributed by atoms with Gasteiger partial charge >= 0.3 is 5.97 Å². The molecule has 0 fully saturated rings. The van der Waals surface area contributed by atoms with Crippen molar-refractivity contribution in [2.45, 2.75) is 4.90 Å². The van der Waals surface area contributed by atoms with E-state index in [0.717, 1.165) is 0 Å². The Labute approximate surface area is 156 Å². The smallest absolute Gasteiger partial charge is 0.331 e. The summed E-state index contributed by atoms with van der Waals surface area (Å²) in [5, 5.41) is 7.46. The number of carbonyl (C=O) groups excluding carboxylic acids is 2. The van der Waals surface area contributed by atoms with Gasteiger partial charge in [0.15, 0.2) is 6.61 Å². The Morgan fingerprint density at radius 1 is 1.11 bits per heavy atom. The van der Waals surface area contributed by atoms with Crippen LogP contribution in [0.4, 0.5) is 5.69 Å². The molecule has 0 aliphatic heterocycles. The van der Waals surface area contributed by atoms with E-state index < -0.39 is 28.5 Å². The zero-order chi connectivity index (χ0) is 19.9. The van der Waals surface area contributed by atoms with Crippen LogP contribution in [0.25, 0.3) is 6.08 Å². The van der Waals surface area contributed by atoms with Crippen molar-refractivity contribution >= 4 is 33.7 Å². The Morgan fingerprint density at radius 2 is 1.78 bits per heavy atom. The molecule has 0 heterocycles. The summed E-state index contributed by atoms with van der Waals surface area (Å²) in [5.74, 6) is -0.666. The maximum Gasteiger partial charge on any atom is 0.331 e. The van der Waals surface area contributed by atoms with E-state index >= 15 is 0 Å². The first-order valence-corrected chi connectivity index (χ1v) is 9.25. The molecule has 0 radical (unpaired) electrons. The van der Waals surface area contributed by atoms with Crippen molar-refractivity contribution in [3.8, 4) is 5.75 Å². The third kappa shape index (κ3) is 6.24. The average molecular weight is 390 g/mol. The Bertz CT molecular complexity index is 952. The van der Waals surface area contributed by atoms with Crippen LogP contribution in [0.2, 0.25) is 0 Å². The molecule has 0 atom stereocenters. The Kier molecular flexibility index (Phi) is 6.69. The van der Waals surface area contributed by atoms with Gasteiger partial charge in [-0.15, -0.1) is 0 Å². The molecule has 1 amide bonds. The standard InChI is InChI=1S/C18H18N2O6S/c1-25-16-5-3-2-4-13(16)6-11-18(22)26-12-17(21)20-14-7-9-15(10-8-14)27(19,23)24/h2-11H,12H2,1H3,(H,20,21)(H2,19,23,24)/b11-6+. The fourth-order valence-corrected chi connectivity index (χ4v) is 2.59. The molecule has 0 saturated heterocycles. The van der Waals surface area contributed by atoms with E-state index in [1.165, 1.54) is 43.5 Å². The molecule has 0 bridgehead atoms. The van der Waals surface area contributed by atoms with Gasteiger partial charge in [0, 0.05) is 17.3 Å². The van der Waals surface area contributed by atoms with Crippen LogP contribution in [-0.4, -0.2) is 34.0 Å². The lowest BCUT2D eigenvalue weighted by atomic mass is 10.2. The van der Waals surface area contributed by atoms with E-state index in [-0.39, 0.29) is 4.90 Å². The number of rotatable bonds is 7. The molecule has 0 unspecified atom stereocenters. The van der Waals surface area contributed by atoms with Gasteiger partial charge in [-0.2, -0.15) is 0 Å². The number of nitrogens with two attached hydrogens (primary N) is 1. The second-order valence-corrected chi connectivity index (χ2v) is 6.86. The highest BCUT2D eigenvalue weighted by molar-refractivity contribution is 7.89. The number of amides is 1. The number of ether oxygens (including phenoxy) is 2.